The number of imidazole rings is 1. The zero-order chi connectivity index (χ0) is 16.5. The second-order valence-electron chi connectivity index (χ2n) is 4.42. The summed E-state index contributed by atoms with van der Waals surface area (Å²) in [5.41, 5.74) is 0. The lowest BCUT2D eigenvalue weighted by atomic mass is 10.1. The molecule has 0 aromatic carbocycles. The van der Waals surface area contributed by atoms with Gasteiger partial charge >= 0.3 is 13.8 Å². The van der Waals surface area contributed by atoms with Gasteiger partial charge in [0.05, 0.1) is 12.8 Å². The number of carboxylic acids is 1. The number of phosphoric ester groups is 1. The molecule has 2 rings (SSSR count). The molecule has 22 heavy (non-hydrogen) atoms. The van der Waals surface area contributed by atoms with Gasteiger partial charge in [-0.2, -0.15) is 0 Å². The lowest BCUT2D eigenvalue weighted by Crippen LogP contribution is -2.38. The molecule has 7 N–H and O–H groups in total. The van der Waals surface area contributed by atoms with Crippen molar-refractivity contribution in [2.24, 2.45) is 0 Å². The van der Waals surface area contributed by atoms with Crippen LogP contribution in [0.4, 0.5) is 5.82 Å². The molecule has 1 fully saturated rings. The van der Waals surface area contributed by atoms with Gasteiger partial charge in [-0.15, -0.1) is 0 Å². The average molecular weight is 339 g/mol. The van der Waals surface area contributed by atoms with Gasteiger partial charge in [0.1, 0.15) is 24.1 Å². The molecule has 2 heterocycles. The molecular formula is C9H14N3O9P. The Balaban J connectivity index is 2.14. The number of aromatic amines is 1. The topological polar surface area (TPSA) is 194 Å². The van der Waals surface area contributed by atoms with Crippen LogP contribution in [-0.2, 0) is 13.8 Å². The Bertz CT molecular complexity index is 587. The number of hydrogen-bond donors (Lipinski definition) is 7. The summed E-state index contributed by atoms with van der Waals surface area (Å²) in [4.78, 5) is 34.3. The fraction of sp³-hybridized carbons (Fsp3) is 0.556. The first-order chi connectivity index (χ1) is 10.2. The maximum atomic E-state index is 10.9. The van der Waals surface area contributed by atoms with Crippen molar-refractivity contribution in [3.63, 3.8) is 0 Å². The van der Waals surface area contributed by atoms with Gasteiger partial charge in [-0.25, -0.2) is 14.3 Å². The number of H-pyrrole nitrogens is 1. The van der Waals surface area contributed by atoms with Crippen LogP contribution in [0.2, 0.25) is 0 Å². The highest BCUT2D eigenvalue weighted by molar-refractivity contribution is 7.46. The van der Waals surface area contributed by atoms with Crippen LogP contribution in [0.3, 0.4) is 0 Å². The van der Waals surface area contributed by atoms with E-state index in [1.807, 2.05) is 0 Å². The number of carbonyl (C=O) groups is 1. The number of aromatic carboxylic acids is 1. The smallest absolute Gasteiger partial charge is 0.470 e. The van der Waals surface area contributed by atoms with Crippen LogP contribution in [0.25, 0.3) is 0 Å². The predicted octanol–water partition coefficient (Wildman–Crippen LogP) is -1.92. The Morgan fingerprint density at radius 3 is 2.73 bits per heavy atom. The number of nitrogens with zero attached hydrogens (tertiary/aromatic N) is 1. The third kappa shape index (κ3) is 3.81. The lowest BCUT2D eigenvalue weighted by molar-refractivity contribution is -0.0153. The zero-order valence-corrected chi connectivity index (χ0v) is 11.8. The van der Waals surface area contributed by atoms with Crippen molar-refractivity contribution in [2.75, 3.05) is 11.9 Å². The van der Waals surface area contributed by atoms with Gasteiger partial charge in [-0.1, -0.05) is 0 Å². The largest absolute Gasteiger partial charge is 0.475 e. The summed E-state index contributed by atoms with van der Waals surface area (Å²) in [6, 6.07) is 0. The van der Waals surface area contributed by atoms with Crippen molar-refractivity contribution in [1.29, 1.82) is 0 Å². The average Bonchev–Trinajstić information content (AvgIpc) is 2.97. The number of nitrogens with one attached hydrogen (secondary N) is 2. The second kappa shape index (κ2) is 6.30. The minimum atomic E-state index is -4.92. The van der Waals surface area contributed by atoms with Crippen LogP contribution in [0.5, 0.6) is 0 Å². The highest BCUT2D eigenvalue weighted by atomic mass is 31.2. The van der Waals surface area contributed by atoms with Gasteiger partial charge in [0.2, 0.25) is 5.82 Å². The van der Waals surface area contributed by atoms with Crippen LogP contribution in [-0.4, -0.2) is 72.2 Å². The van der Waals surface area contributed by atoms with Crippen molar-refractivity contribution in [2.45, 2.75) is 24.5 Å². The van der Waals surface area contributed by atoms with Gasteiger partial charge in [0.25, 0.3) is 0 Å². The summed E-state index contributed by atoms with van der Waals surface area (Å²) < 4.78 is 20.6. The predicted molar refractivity (Wildman–Crippen MR) is 67.8 cm³/mol. The van der Waals surface area contributed by atoms with E-state index >= 15 is 0 Å². The van der Waals surface area contributed by atoms with E-state index < -0.39 is 44.9 Å². The van der Waals surface area contributed by atoms with Crippen molar-refractivity contribution < 1.29 is 43.7 Å². The third-order valence-corrected chi connectivity index (χ3v) is 3.37. The van der Waals surface area contributed by atoms with Crippen LogP contribution in [0.15, 0.2) is 6.20 Å². The van der Waals surface area contributed by atoms with Crippen molar-refractivity contribution >= 4 is 19.6 Å². The van der Waals surface area contributed by atoms with Crippen LogP contribution < -0.4 is 5.32 Å². The number of carboxylic acid groups (broad SMARTS) is 1. The maximum absolute atomic E-state index is 10.9. The highest BCUT2D eigenvalue weighted by Crippen LogP contribution is 2.41. The summed E-state index contributed by atoms with van der Waals surface area (Å²) in [5, 5.41) is 30.2. The minimum Gasteiger partial charge on any atom is -0.475 e. The van der Waals surface area contributed by atoms with Gasteiger partial charge in [0, 0.05) is 0 Å². The Hall–Kier alpha value is -1.53. The summed E-state index contributed by atoms with van der Waals surface area (Å²) in [7, 11) is -4.92. The molecule has 1 saturated heterocycles. The molecule has 1 aliphatic heterocycles. The van der Waals surface area contributed by atoms with Gasteiger partial charge in [-0.3, -0.25) is 4.52 Å². The van der Waals surface area contributed by atoms with Gasteiger partial charge in [-0.05, 0) is 0 Å². The quantitative estimate of drug-likeness (QED) is 0.285. The lowest BCUT2D eigenvalue weighted by Gasteiger charge is -2.21. The second-order valence-corrected chi connectivity index (χ2v) is 5.62. The highest BCUT2D eigenvalue weighted by Gasteiger charge is 2.47. The molecule has 12 nitrogen and oxygen atoms in total. The minimum absolute atomic E-state index is 0.0625. The summed E-state index contributed by atoms with van der Waals surface area (Å²) >= 11 is 0. The molecule has 1 aromatic heterocycles. The van der Waals surface area contributed by atoms with Gasteiger partial charge < -0.3 is 40.1 Å². The van der Waals surface area contributed by atoms with E-state index in [1.54, 1.807) is 0 Å². The first-order valence-electron chi connectivity index (χ1n) is 5.94. The molecular weight excluding hydrogens is 325 g/mol. The standard InChI is InChI=1S/C9H14N3O9P/c13-2-3-5(14)6(21-22(17,18)19)8(20-3)12-4-1-10-7(11-4)9(15)16/h1,3,5-6,8,12-14H,2H2,(H,10,11)(H,15,16)(H2,17,18,19)/t3-,5-,6-,8?/m1/s1. The molecule has 1 aromatic rings. The monoisotopic (exact) mass is 339 g/mol. The Kier molecular flexibility index (Phi) is 4.82. The number of aliphatic hydroxyl groups is 2. The number of anilines is 1. The molecule has 0 bridgehead atoms. The van der Waals surface area contributed by atoms with E-state index in [4.69, 9.17) is 24.7 Å². The molecule has 0 saturated carbocycles. The van der Waals surface area contributed by atoms with Gasteiger partial charge in [0.15, 0.2) is 6.23 Å². The van der Waals surface area contributed by atoms with Crippen molar-refractivity contribution in [3.8, 4) is 0 Å². The summed E-state index contributed by atoms with van der Waals surface area (Å²) in [6.45, 7) is -0.607. The number of hydrogen-bond acceptors (Lipinski definition) is 8. The Morgan fingerprint density at radius 2 is 2.23 bits per heavy atom. The number of rotatable bonds is 6. The molecule has 0 radical (unpaired) electrons. The van der Waals surface area contributed by atoms with E-state index in [2.05, 4.69) is 19.8 Å². The van der Waals surface area contributed by atoms with Crippen LogP contribution in [0, 0.1) is 0 Å². The van der Waals surface area contributed by atoms with E-state index in [1.165, 1.54) is 0 Å². The maximum Gasteiger partial charge on any atom is 0.470 e. The molecule has 0 amide bonds. The Labute approximate surface area is 123 Å². The van der Waals surface area contributed by atoms with Crippen LogP contribution in [0.1, 0.15) is 10.6 Å². The number of aliphatic hydroxyl groups excluding tert-OH is 2. The first-order valence-corrected chi connectivity index (χ1v) is 7.47. The molecule has 4 atom stereocenters. The van der Waals surface area contributed by atoms with E-state index in [0.717, 1.165) is 6.20 Å². The van der Waals surface area contributed by atoms with E-state index in [9.17, 15) is 14.5 Å². The number of ether oxygens (including phenoxy) is 1. The third-order valence-electron chi connectivity index (χ3n) is 2.85. The zero-order valence-electron chi connectivity index (χ0n) is 10.9. The van der Waals surface area contributed by atoms with E-state index in [0.29, 0.717) is 0 Å². The summed E-state index contributed by atoms with van der Waals surface area (Å²) in [5.74, 6) is -1.61. The number of aromatic nitrogens is 2. The summed E-state index contributed by atoms with van der Waals surface area (Å²) in [6.07, 6.45) is -4.26. The molecule has 13 heteroatoms. The normalized spacial score (nSPS) is 28.7. The fourth-order valence-corrected chi connectivity index (χ4v) is 2.49. The SMILES string of the molecule is O=C(O)c1ncc(NC2O[C@H](CO)[C@@H](O)[C@H]2OP(=O)(O)O)[nH]1. The van der Waals surface area contributed by atoms with Crippen molar-refractivity contribution in [1.82, 2.24) is 9.97 Å². The molecule has 1 aliphatic rings. The molecule has 124 valence electrons. The molecule has 1 unspecified atom stereocenters. The number of phosphoric acid groups is 1. The molecule has 0 aliphatic carbocycles. The van der Waals surface area contributed by atoms with E-state index in [-0.39, 0.29) is 11.6 Å². The first kappa shape index (κ1) is 16.8. The Morgan fingerprint density at radius 1 is 1.55 bits per heavy atom. The molecule has 0 spiro atoms. The van der Waals surface area contributed by atoms with Crippen LogP contribution >= 0.6 is 7.82 Å². The van der Waals surface area contributed by atoms with Crippen molar-refractivity contribution in [3.05, 3.63) is 12.0 Å². The fourth-order valence-electron chi connectivity index (χ4n) is 1.94.